The van der Waals surface area contributed by atoms with E-state index in [9.17, 15) is 14.7 Å². The van der Waals surface area contributed by atoms with Crippen LogP contribution in [0.3, 0.4) is 0 Å². The van der Waals surface area contributed by atoms with E-state index in [0.29, 0.717) is 43.3 Å². The van der Waals surface area contributed by atoms with Gasteiger partial charge in [0, 0.05) is 30.8 Å². The average Bonchev–Trinajstić information content (AvgIpc) is 3.20. The van der Waals surface area contributed by atoms with E-state index in [4.69, 9.17) is 18.9 Å². The molecule has 4 saturated heterocycles. The third-order valence-corrected chi connectivity index (χ3v) is 10.4. The summed E-state index contributed by atoms with van der Waals surface area (Å²) < 4.78 is 24.2. The Morgan fingerprint density at radius 2 is 1.84 bits per heavy atom. The van der Waals surface area contributed by atoms with Gasteiger partial charge in [0.2, 0.25) is 5.79 Å². The molecule has 7 heteroatoms. The molecule has 5 fully saturated rings. The van der Waals surface area contributed by atoms with Crippen molar-refractivity contribution in [2.45, 2.75) is 115 Å². The number of cyclic esters (lactones) is 1. The van der Waals surface area contributed by atoms with Crippen molar-refractivity contribution in [1.82, 2.24) is 0 Å². The van der Waals surface area contributed by atoms with Gasteiger partial charge < -0.3 is 24.1 Å². The summed E-state index contributed by atoms with van der Waals surface area (Å²) in [5.74, 6) is -2.00. The zero-order valence-electron chi connectivity index (χ0n) is 23.2. The average molecular weight is 517 g/mol. The van der Waals surface area contributed by atoms with Crippen LogP contribution in [0.25, 0.3) is 0 Å². The maximum Gasteiger partial charge on any atom is 0.334 e. The summed E-state index contributed by atoms with van der Waals surface area (Å²) in [6.07, 6.45) is 8.65. The number of aliphatic hydroxyl groups is 1. The van der Waals surface area contributed by atoms with Crippen LogP contribution >= 0.6 is 0 Å². The summed E-state index contributed by atoms with van der Waals surface area (Å²) >= 11 is 0. The molecule has 0 aromatic rings. The van der Waals surface area contributed by atoms with E-state index < -0.39 is 22.8 Å². The lowest BCUT2D eigenvalue weighted by Crippen LogP contribution is -2.78. The van der Waals surface area contributed by atoms with Crippen molar-refractivity contribution in [3.05, 3.63) is 23.8 Å². The van der Waals surface area contributed by atoms with Crippen LogP contribution in [0, 0.1) is 23.2 Å². The van der Waals surface area contributed by atoms with Crippen molar-refractivity contribution in [3.63, 3.8) is 0 Å². The Balaban J connectivity index is 1.19. The molecule has 1 saturated carbocycles. The van der Waals surface area contributed by atoms with E-state index in [1.807, 2.05) is 13.8 Å². The van der Waals surface area contributed by atoms with Crippen molar-refractivity contribution in [3.8, 4) is 0 Å². The molecule has 1 spiro atoms. The highest BCUT2D eigenvalue weighted by Crippen LogP contribution is 2.59. The number of Topliss-reactive ketones (excluding diaryl/α,β-unsaturated/α-hetero) is 1. The first-order chi connectivity index (χ1) is 17.2. The van der Waals surface area contributed by atoms with Gasteiger partial charge in [0.25, 0.3) is 0 Å². The second-order valence-corrected chi connectivity index (χ2v) is 13.4. The number of carbonyl (C=O) groups is 2. The van der Waals surface area contributed by atoms with Crippen molar-refractivity contribution in [2.24, 2.45) is 23.2 Å². The van der Waals surface area contributed by atoms with E-state index in [1.165, 1.54) is 0 Å². The Labute approximate surface area is 220 Å². The monoisotopic (exact) mass is 516 g/mol. The van der Waals surface area contributed by atoms with Crippen molar-refractivity contribution >= 4 is 11.8 Å². The van der Waals surface area contributed by atoms with Crippen molar-refractivity contribution in [1.29, 1.82) is 0 Å². The van der Waals surface area contributed by atoms with E-state index in [2.05, 4.69) is 27.4 Å². The fourth-order valence-electron chi connectivity index (χ4n) is 7.81. The summed E-state index contributed by atoms with van der Waals surface area (Å²) in [5, 5.41) is 11.2. The van der Waals surface area contributed by atoms with Crippen LogP contribution in [-0.2, 0) is 28.5 Å². The van der Waals surface area contributed by atoms with Crippen LogP contribution in [0.5, 0.6) is 0 Å². The maximum absolute atomic E-state index is 13.3. The van der Waals surface area contributed by atoms with E-state index in [1.54, 1.807) is 6.08 Å². The minimum atomic E-state index is -1.33. The second kappa shape index (κ2) is 9.00. The number of ketones is 1. The second-order valence-electron chi connectivity index (χ2n) is 13.4. The Morgan fingerprint density at radius 3 is 2.46 bits per heavy atom. The van der Waals surface area contributed by atoms with E-state index in [-0.39, 0.29) is 36.1 Å². The molecule has 2 bridgehead atoms. The topological polar surface area (TPSA) is 91.3 Å². The number of allylic oxidation sites excluding steroid dienone is 1. The summed E-state index contributed by atoms with van der Waals surface area (Å²) in [6, 6.07) is 0. The molecule has 1 N–H and O–H groups in total. The lowest BCUT2D eigenvalue weighted by molar-refractivity contribution is -0.522. The van der Waals surface area contributed by atoms with Gasteiger partial charge in [-0.15, -0.1) is 0 Å². The summed E-state index contributed by atoms with van der Waals surface area (Å²) in [7, 11) is 0. The van der Waals surface area contributed by atoms with Gasteiger partial charge in [0.15, 0.2) is 5.79 Å². The predicted molar refractivity (Wildman–Crippen MR) is 137 cm³/mol. The van der Waals surface area contributed by atoms with E-state index in [0.717, 1.165) is 37.7 Å². The molecule has 0 aromatic heterocycles. The Morgan fingerprint density at radius 1 is 1.08 bits per heavy atom. The number of hydrogen-bond donors (Lipinski definition) is 1. The maximum atomic E-state index is 13.3. The first-order valence-corrected chi connectivity index (χ1v) is 14.1. The number of fused-ring (bicyclic) bond motifs is 2. The van der Waals surface area contributed by atoms with Crippen molar-refractivity contribution in [2.75, 3.05) is 13.2 Å². The Hall–Kier alpha value is -1.54. The molecule has 5 aliphatic heterocycles. The molecule has 5 heterocycles. The van der Waals surface area contributed by atoms with Crippen LogP contribution < -0.4 is 0 Å². The summed E-state index contributed by atoms with van der Waals surface area (Å²) in [6.45, 7) is 15.3. The molecule has 0 aromatic carbocycles. The fourth-order valence-corrected chi connectivity index (χ4v) is 7.81. The zero-order valence-corrected chi connectivity index (χ0v) is 23.2. The highest BCUT2D eigenvalue weighted by atomic mass is 16.8. The van der Waals surface area contributed by atoms with Crippen LogP contribution in [0.15, 0.2) is 23.8 Å². The normalized spacial score (nSPS) is 42.5. The quantitative estimate of drug-likeness (QED) is 0.392. The number of rotatable bonds is 6. The molecule has 6 aliphatic rings. The van der Waals surface area contributed by atoms with Gasteiger partial charge in [-0.05, 0) is 82.6 Å². The number of hydrogen-bond acceptors (Lipinski definition) is 7. The lowest BCUT2D eigenvalue weighted by Gasteiger charge is -2.66. The molecule has 7 nitrogen and oxygen atoms in total. The molecular weight excluding hydrogens is 472 g/mol. The van der Waals surface area contributed by atoms with Crippen molar-refractivity contribution < 1.29 is 33.6 Å². The van der Waals surface area contributed by atoms with Gasteiger partial charge in [-0.25, -0.2) is 4.79 Å². The third-order valence-electron chi connectivity index (χ3n) is 10.4. The minimum absolute atomic E-state index is 0.0753. The molecular formula is C30H44O7. The van der Waals surface area contributed by atoms with Gasteiger partial charge >= 0.3 is 5.97 Å². The van der Waals surface area contributed by atoms with Gasteiger partial charge in [-0.3, -0.25) is 4.79 Å². The van der Waals surface area contributed by atoms with E-state index >= 15 is 0 Å². The standard InChI is InChI=1S/C30H44O7/c1-19-7-9-22(26(2,3)24(19)23(31)17-21-12-16-34-25(21)32)10-8-20-11-13-30(35-18-20)28(6)14-15-29(33,37-30)27(4,5)36-28/h12,20,22,24,33H,1,7-11,13-18H2,2-6H3. The molecule has 1 aliphatic carbocycles. The zero-order chi connectivity index (χ0) is 26.9. The molecule has 0 amide bonds. The summed E-state index contributed by atoms with van der Waals surface area (Å²) in [5.41, 5.74) is -0.112. The van der Waals surface area contributed by atoms with Gasteiger partial charge in [-0.2, -0.15) is 0 Å². The Bertz CT molecular complexity index is 1000. The molecule has 6 unspecified atom stereocenters. The number of ether oxygens (including phenoxy) is 4. The minimum Gasteiger partial charge on any atom is -0.458 e. The first kappa shape index (κ1) is 27.0. The predicted octanol–water partition coefficient (Wildman–Crippen LogP) is 5.01. The largest absolute Gasteiger partial charge is 0.458 e. The molecule has 206 valence electrons. The lowest BCUT2D eigenvalue weighted by atomic mass is 9.57. The molecule has 37 heavy (non-hydrogen) atoms. The van der Waals surface area contributed by atoms with Crippen LogP contribution in [0.2, 0.25) is 0 Å². The van der Waals surface area contributed by atoms with Gasteiger partial charge in [0.05, 0.1) is 6.61 Å². The van der Waals surface area contributed by atoms with Crippen LogP contribution in [-0.4, -0.2) is 52.8 Å². The number of esters is 1. The summed E-state index contributed by atoms with van der Waals surface area (Å²) in [4.78, 5) is 25.2. The Kier molecular flexibility index (Phi) is 6.58. The number of carbonyl (C=O) groups excluding carboxylic acids is 2. The van der Waals surface area contributed by atoms with Gasteiger partial charge in [0.1, 0.15) is 23.6 Å². The highest BCUT2D eigenvalue weighted by molar-refractivity contribution is 5.98. The third kappa shape index (κ3) is 4.34. The fraction of sp³-hybridized carbons (Fsp3) is 0.800. The van der Waals surface area contributed by atoms with Gasteiger partial charge in [-0.1, -0.05) is 26.0 Å². The van der Waals surface area contributed by atoms with Crippen LogP contribution in [0.1, 0.15) is 92.4 Å². The highest BCUT2D eigenvalue weighted by Gasteiger charge is 2.71. The molecule has 0 radical (unpaired) electrons. The first-order valence-electron chi connectivity index (χ1n) is 14.1. The van der Waals surface area contributed by atoms with Crippen LogP contribution in [0.4, 0.5) is 0 Å². The molecule has 6 atom stereocenters. The smallest absolute Gasteiger partial charge is 0.334 e. The molecule has 6 rings (SSSR count). The SMILES string of the molecule is C=C1CCC(CCC2CCC3(OC2)OC2(O)CCC3(C)OC2(C)C)C(C)(C)C1C(=O)CC1=CCOC1=O.